The van der Waals surface area contributed by atoms with E-state index in [0.717, 1.165) is 34.5 Å². The van der Waals surface area contributed by atoms with Gasteiger partial charge in [-0.2, -0.15) is 0 Å². The smallest absolute Gasteiger partial charge is 0.203 e. The van der Waals surface area contributed by atoms with Crippen molar-refractivity contribution in [1.29, 1.82) is 0 Å². The summed E-state index contributed by atoms with van der Waals surface area (Å²) >= 11 is 0. The van der Waals surface area contributed by atoms with Crippen molar-refractivity contribution in [1.82, 2.24) is 4.90 Å². The summed E-state index contributed by atoms with van der Waals surface area (Å²) in [6, 6.07) is 19.9. The second kappa shape index (κ2) is 10.6. The van der Waals surface area contributed by atoms with Crippen molar-refractivity contribution in [3.8, 4) is 23.0 Å². The molecule has 1 N–H and O–H groups in total. The SMILES string of the molecule is COc1ccc(CN2CCOc3ccc(C(O)Cc4ccccc4)cc3C2)c(OC)c1OC. The lowest BCUT2D eigenvalue weighted by molar-refractivity contribution is 0.178. The molecule has 1 unspecified atom stereocenters. The Kier molecular flexibility index (Phi) is 7.37. The van der Waals surface area contributed by atoms with Gasteiger partial charge in [0.2, 0.25) is 5.75 Å². The normalized spacial score (nSPS) is 14.5. The fourth-order valence-corrected chi connectivity index (χ4v) is 4.29. The number of methoxy groups -OCH3 is 3. The van der Waals surface area contributed by atoms with Crippen molar-refractivity contribution in [2.45, 2.75) is 25.6 Å². The maximum absolute atomic E-state index is 10.8. The van der Waals surface area contributed by atoms with E-state index in [-0.39, 0.29) is 0 Å². The molecule has 4 rings (SSSR count). The zero-order valence-corrected chi connectivity index (χ0v) is 19.4. The molecule has 6 nitrogen and oxygen atoms in total. The highest BCUT2D eigenvalue weighted by Crippen LogP contribution is 2.40. The number of aliphatic hydroxyl groups excluding tert-OH is 1. The molecule has 1 atom stereocenters. The third kappa shape index (κ3) is 5.24. The Hall–Kier alpha value is -3.22. The van der Waals surface area contributed by atoms with E-state index in [1.165, 1.54) is 0 Å². The average molecular weight is 450 g/mol. The van der Waals surface area contributed by atoms with Crippen LogP contribution in [0.15, 0.2) is 60.7 Å². The van der Waals surface area contributed by atoms with Crippen molar-refractivity contribution < 1.29 is 24.1 Å². The second-order valence-corrected chi connectivity index (χ2v) is 8.13. The monoisotopic (exact) mass is 449 g/mol. The lowest BCUT2D eigenvalue weighted by Gasteiger charge is -2.22. The molecule has 0 radical (unpaired) electrons. The Morgan fingerprint density at radius 2 is 1.73 bits per heavy atom. The third-order valence-electron chi connectivity index (χ3n) is 5.98. The summed E-state index contributed by atoms with van der Waals surface area (Å²) in [5, 5.41) is 10.8. The summed E-state index contributed by atoms with van der Waals surface area (Å²) in [4.78, 5) is 2.31. The van der Waals surface area contributed by atoms with E-state index in [1.54, 1.807) is 21.3 Å². The molecule has 3 aromatic rings. The quantitative estimate of drug-likeness (QED) is 0.551. The van der Waals surface area contributed by atoms with Crippen LogP contribution in [-0.2, 0) is 19.5 Å². The number of hydrogen-bond donors (Lipinski definition) is 1. The van der Waals surface area contributed by atoms with Crippen molar-refractivity contribution >= 4 is 0 Å². The van der Waals surface area contributed by atoms with E-state index in [2.05, 4.69) is 11.0 Å². The Bertz CT molecular complexity index is 1070. The largest absolute Gasteiger partial charge is 0.493 e. The summed E-state index contributed by atoms with van der Waals surface area (Å²) in [5.41, 5.74) is 4.08. The summed E-state index contributed by atoms with van der Waals surface area (Å²) in [5.74, 6) is 2.77. The third-order valence-corrected chi connectivity index (χ3v) is 5.98. The molecule has 0 amide bonds. The highest BCUT2D eigenvalue weighted by Gasteiger charge is 2.21. The predicted molar refractivity (Wildman–Crippen MR) is 127 cm³/mol. The molecule has 0 bridgehead atoms. The lowest BCUT2D eigenvalue weighted by Crippen LogP contribution is -2.25. The maximum atomic E-state index is 10.8. The van der Waals surface area contributed by atoms with Gasteiger partial charge in [0.1, 0.15) is 12.4 Å². The number of hydrogen-bond acceptors (Lipinski definition) is 6. The first-order valence-electron chi connectivity index (χ1n) is 11.1. The first-order valence-corrected chi connectivity index (χ1v) is 11.1. The van der Waals surface area contributed by atoms with Crippen molar-refractivity contribution in [2.75, 3.05) is 34.5 Å². The van der Waals surface area contributed by atoms with E-state index in [9.17, 15) is 5.11 Å². The van der Waals surface area contributed by atoms with Gasteiger partial charge in [-0.3, -0.25) is 4.90 Å². The molecule has 1 aliphatic rings. The molecule has 0 saturated heterocycles. The van der Waals surface area contributed by atoms with Gasteiger partial charge in [0.25, 0.3) is 0 Å². The molecular formula is C27H31NO5. The Morgan fingerprint density at radius 3 is 2.45 bits per heavy atom. The number of nitrogens with zero attached hydrogens (tertiary/aromatic N) is 1. The van der Waals surface area contributed by atoms with Crippen LogP contribution in [0, 0.1) is 0 Å². The molecule has 0 saturated carbocycles. The number of aliphatic hydroxyl groups is 1. The van der Waals surface area contributed by atoms with Crippen molar-refractivity contribution in [3.05, 3.63) is 82.9 Å². The Labute approximate surface area is 195 Å². The Balaban J connectivity index is 1.54. The molecule has 174 valence electrons. The van der Waals surface area contributed by atoms with Gasteiger partial charge in [-0.05, 0) is 29.3 Å². The van der Waals surface area contributed by atoms with E-state index in [1.807, 2.05) is 54.6 Å². The average Bonchev–Trinajstić information content (AvgIpc) is 3.05. The van der Waals surface area contributed by atoms with E-state index in [4.69, 9.17) is 18.9 Å². The van der Waals surface area contributed by atoms with E-state index in [0.29, 0.717) is 43.4 Å². The van der Waals surface area contributed by atoms with Gasteiger partial charge in [0, 0.05) is 37.2 Å². The van der Waals surface area contributed by atoms with Crippen LogP contribution in [0.4, 0.5) is 0 Å². The fraction of sp³-hybridized carbons (Fsp3) is 0.333. The van der Waals surface area contributed by atoms with Crippen molar-refractivity contribution in [3.63, 3.8) is 0 Å². The van der Waals surface area contributed by atoms with Gasteiger partial charge in [-0.25, -0.2) is 0 Å². The highest BCUT2D eigenvalue weighted by atomic mass is 16.5. The molecule has 0 aromatic heterocycles. The molecule has 1 heterocycles. The van der Waals surface area contributed by atoms with Crippen LogP contribution in [0.25, 0.3) is 0 Å². The molecule has 1 aliphatic heterocycles. The zero-order valence-electron chi connectivity index (χ0n) is 19.4. The van der Waals surface area contributed by atoms with Crippen LogP contribution in [0.2, 0.25) is 0 Å². The highest BCUT2D eigenvalue weighted by molar-refractivity contribution is 5.55. The molecule has 0 fully saturated rings. The molecule has 0 spiro atoms. The first-order chi connectivity index (χ1) is 16.1. The summed E-state index contributed by atoms with van der Waals surface area (Å²) < 4.78 is 22.6. The minimum atomic E-state index is -0.569. The minimum absolute atomic E-state index is 0.569. The molecular weight excluding hydrogens is 418 g/mol. The van der Waals surface area contributed by atoms with Gasteiger partial charge in [-0.15, -0.1) is 0 Å². The standard InChI is InChI=1S/C27H31NO5/c1-30-25-12-10-21(26(31-2)27(25)32-3)17-28-13-14-33-24-11-9-20(16-22(24)18-28)23(29)15-19-7-5-4-6-8-19/h4-12,16,23,29H,13-15,17-18H2,1-3H3. The minimum Gasteiger partial charge on any atom is -0.493 e. The molecule has 6 heteroatoms. The maximum Gasteiger partial charge on any atom is 0.203 e. The van der Waals surface area contributed by atoms with Crippen LogP contribution in [0.3, 0.4) is 0 Å². The summed E-state index contributed by atoms with van der Waals surface area (Å²) in [6.07, 6.45) is 0.00730. The van der Waals surface area contributed by atoms with Gasteiger partial charge >= 0.3 is 0 Å². The van der Waals surface area contributed by atoms with E-state index >= 15 is 0 Å². The topological polar surface area (TPSA) is 60.4 Å². The van der Waals surface area contributed by atoms with Gasteiger partial charge in [-0.1, -0.05) is 42.5 Å². The number of benzene rings is 3. The van der Waals surface area contributed by atoms with Crippen molar-refractivity contribution in [2.24, 2.45) is 0 Å². The zero-order chi connectivity index (χ0) is 23.2. The predicted octanol–water partition coefficient (Wildman–Crippen LogP) is 4.38. The number of rotatable bonds is 8. The molecule has 3 aromatic carbocycles. The van der Waals surface area contributed by atoms with Crippen LogP contribution in [0.5, 0.6) is 23.0 Å². The molecule has 33 heavy (non-hydrogen) atoms. The van der Waals surface area contributed by atoms with Crippen LogP contribution >= 0.6 is 0 Å². The van der Waals surface area contributed by atoms with Crippen LogP contribution in [0.1, 0.15) is 28.4 Å². The van der Waals surface area contributed by atoms with Crippen LogP contribution < -0.4 is 18.9 Å². The first kappa shape index (κ1) is 23.0. The molecule has 0 aliphatic carbocycles. The summed E-state index contributed by atoms with van der Waals surface area (Å²) in [7, 11) is 4.87. The van der Waals surface area contributed by atoms with Crippen LogP contribution in [-0.4, -0.2) is 44.5 Å². The van der Waals surface area contributed by atoms with Gasteiger partial charge in [0.05, 0.1) is 27.4 Å². The number of ether oxygens (including phenoxy) is 4. The second-order valence-electron chi connectivity index (χ2n) is 8.13. The van der Waals surface area contributed by atoms with E-state index < -0.39 is 6.10 Å². The van der Waals surface area contributed by atoms with Gasteiger partial charge < -0.3 is 24.1 Å². The number of fused-ring (bicyclic) bond motifs is 1. The Morgan fingerprint density at radius 1 is 0.939 bits per heavy atom. The summed E-state index contributed by atoms with van der Waals surface area (Å²) in [6.45, 7) is 2.74. The lowest BCUT2D eigenvalue weighted by atomic mass is 9.99. The fourth-order valence-electron chi connectivity index (χ4n) is 4.29. The van der Waals surface area contributed by atoms with Gasteiger partial charge in [0.15, 0.2) is 11.5 Å².